The van der Waals surface area contributed by atoms with Gasteiger partial charge in [-0.1, -0.05) is 31.9 Å². The number of alkyl halides is 1. The van der Waals surface area contributed by atoms with Crippen molar-refractivity contribution in [3.05, 3.63) is 34.1 Å². The first-order chi connectivity index (χ1) is 7.69. The summed E-state index contributed by atoms with van der Waals surface area (Å²) in [5.41, 5.74) is 1.04. The third kappa shape index (κ3) is 3.54. The normalized spacial score (nSPS) is 15.8. The molecule has 1 aliphatic carbocycles. The maximum absolute atomic E-state index is 13.2. The molecule has 0 atom stereocenters. The highest BCUT2D eigenvalue weighted by Crippen LogP contribution is 2.28. The van der Waals surface area contributed by atoms with Gasteiger partial charge in [0.05, 0.1) is 0 Å². The van der Waals surface area contributed by atoms with Gasteiger partial charge in [-0.05, 0) is 36.6 Å². The van der Waals surface area contributed by atoms with Crippen molar-refractivity contribution >= 4 is 31.9 Å². The van der Waals surface area contributed by atoms with Crippen LogP contribution in [0.15, 0.2) is 22.7 Å². The van der Waals surface area contributed by atoms with E-state index in [4.69, 9.17) is 0 Å². The highest BCUT2D eigenvalue weighted by atomic mass is 79.9. The third-order valence-corrected chi connectivity index (χ3v) is 3.56. The van der Waals surface area contributed by atoms with Gasteiger partial charge in [-0.2, -0.15) is 0 Å². The van der Waals surface area contributed by atoms with Gasteiger partial charge in [-0.25, -0.2) is 4.39 Å². The Bertz CT molecular complexity index is 346. The van der Waals surface area contributed by atoms with E-state index in [1.54, 1.807) is 6.07 Å². The molecule has 88 valence electrons. The first-order valence-electron chi connectivity index (χ1n) is 5.44. The zero-order valence-corrected chi connectivity index (χ0v) is 12.1. The van der Waals surface area contributed by atoms with Gasteiger partial charge in [0.25, 0.3) is 0 Å². The lowest BCUT2D eigenvalue weighted by Crippen LogP contribution is -2.27. The summed E-state index contributed by atoms with van der Waals surface area (Å²) in [6.07, 6.45) is 2.56. The maximum Gasteiger partial charge on any atom is 0.124 e. The van der Waals surface area contributed by atoms with Crippen LogP contribution in [0.4, 0.5) is 4.39 Å². The number of halogens is 3. The Hall–Kier alpha value is 0.0700. The topological polar surface area (TPSA) is 3.24 Å². The van der Waals surface area contributed by atoms with Crippen LogP contribution in [0.3, 0.4) is 0 Å². The summed E-state index contributed by atoms with van der Waals surface area (Å²) < 4.78 is 14.0. The third-order valence-electron chi connectivity index (χ3n) is 2.74. The molecule has 16 heavy (non-hydrogen) atoms. The lowest BCUT2D eigenvalue weighted by Gasteiger charge is -2.21. The van der Waals surface area contributed by atoms with Crippen molar-refractivity contribution in [2.24, 2.45) is 0 Å². The van der Waals surface area contributed by atoms with Crippen LogP contribution < -0.4 is 0 Å². The smallest absolute Gasteiger partial charge is 0.124 e. The van der Waals surface area contributed by atoms with E-state index in [9.17, 15) is 4.39 Å². The minimum absolute atomic E-state index is 0.168. The van der Waals surface area contributed by atoms with E-state index in [1.165, 1.54) is 18.9 Å². The lowest BCUT2D eigenvalue weighted by molar-refractivity contribution is 0.272. The molecular weight excluding hydrogens is 337 g/mol. The van der Waals surface area contributed by atoms with Crippen molar-refractivity contribution in [3.8, 4) is 0 Å². The Labute approximate surface area is 112 Å². The minimum Gasteiger partial charge on any atom is -0.295 e. The van der Waals surface area contributed by atoms with Gasteiger partial charge in [-0.15, -0.1) is 0 Å². The molecule has 4 heteroatoms. The first-order valence-corrected chi connectivity index (χ1v) is 7.35. The molecule has 1 nitrogen and oxygen atoms in total. The summed E-state index contributed by atoms with van der Waals surface area (Å²) in [5, 5.41) is 0.972. The molecule has 0 N–H and O–H groups in total. The van der Waals surface area contributed by atoms with E-state index in [-0.39, 0.29) is 5.82 Å². The minimum atomic E-state index is -0.168. The Morgan fingerprint density at radius 2 is 2.06 bits per heavy atom. The van der Waals surface area contributed by atoms with Crippen molar-refractivity contribution in [3.63, 3.8) is 0 Å². The van der Waals surface area contributed by atoms with E-state index < -0.39 is 0 Å². The SMILES string of the molecule is Fc1cc(Br)cc(CN(CCBr)C2CC2)c1. The van der Waals surface area contributed by atoms with E-state index in [1.807, 2.05) is 6.07 Å². The van der Waals surface area contributed by atoms with Crippen molar-refractivity contribution in [1.82, 2.24) is 4.90 Å². The summed E-state index contributed by atoms with van der Waals surface area (Å²) in [5.74, 6) is -0.168. The molecule has 0 saturated heterocycles. The fraction of sp³-hybridized carbons (Fsp3) is 0.500. The van der Waals surface area contributed by atoms with Crippen LogP contribution in [-0.2, 0) is 6.54 Å². The van der Waals surface area contributed by atoms with Gasteiger partial charge in [0.2, 0.25) is 0 Å². The molecule has 1 aromatic rings. The zero-order valence-electron chi connectivity index (χ0n) is 8.93. The molecule has 1 fully saturated rings. The molecule has 2 rings (SSSR count). The second-order valence-corrected chi connectivity index (χ2v) is 5.88. The van der Waals surface area contributed by atoms with Crippen molar-refractivity contribution in [2.75, 3.05) is 11.9 Å². The Morgan fingerprint density at radius 1 is 1.31 bits per heavy atom. The summed E-state index contributed by atoms with van der Waals surface area (Å²) in [4.78, 5) is 2.41. The average Bonchev–Trinajstić information content (AvgIpc) is 2.98. The van der Waals surface area contributed by atoms with Gasteiger partial charge < -0.3 is 0 Å². The van der Waals surface area contributed by atoms with Crippen LogP contribution in [0.5, 0.6) is 0 Å². The molecule has 0 heterocycles. The Morgan fingerprint density at radius 3 is 2.62 bits per heavy atom. The molecule has 0 aromatic heterocycles. The molecule has 0 spiro atoms. The fourth-order valence-electron chi connectivity index (χ4n) is 1.88. The van der Waals surface area contributed by atoms with Crippen LogP contribution in [0, 0.1) is 5.82 Å². The molecule has 0 amide bonds. The van der Waals surface area contributed by atoms with Crippen LogP contribution in [0.2, 0.25) is 0 Å². The second-order valence-electron chi connectivity index (χ2n) is 4.17. The summed E-state index contributed by atoms with van der Waals surface area (Å²) in [6.45, 7) is 1.87. The predicted octanol–water partition coefficient (Wildman–Crippen LogP) is 3.95. The Balaban J connectivity index is 2.05. The number of hydrogen-bond acceptors (Lipinski definition) is 1. The summed E-state index contributed by atoms with van der Waals surface area (Å²) >= 11 is 6.79. The van der Waals surface area contributed by atoms with Crippen LogP contribution in [-0.4, -0.2) is 22.8 Å². The average molecular weight is 351 g/mol. The lowest BCUT2D eigenvalue weighted by atomic mass is 10.2. The highest BCUT2D eigenvalue weighted by Gasteiger charge is 2.28. The van der Waals surface area contributed by atoms with Gasteiger partial charge in [0, 0.05) is 28.9 Å². The first kappa shape index (κ1) is 12.5. The molecule has 0 aliphatic heterocycles. The van der Waals surface area contributed by atoms with Gasteiger partial charge in [0.1, 0.15) is 5.82 Å². The van der Waals surface area contributed by atoms with E-state index in [0.717, 1.165) is 28.5 Å². The second kappa shape index (κ2) is 5.61. The standard InChI is InChI=1S/C12H14Br2FN/c13-3-4-16(12-1-2-12)8-9-5-10(14)7-11(15)6-9/h5-7,12H,1-4,8H2. The largest absolute Gasteiger partial charge is 0.295 e. The molecule has 1 saturated carbocycles. The van der Waals surface area contributed by atoms with Crippen LogP contribution >= 0.6 is 31.9 Å². The molecular formula is C12H14Br2FN. The van der Waals surface area contributed by atoms with Crippen molar-refractivity contribution in [2.45, 2.75) is 25.4 Å². The van der Waals surface area contributed by atoms with Crippen molar-refractivity contribution in [1.29, 1.82) is 0 Å². The van der Waals surface area contributed by atoms with E-state index in [2.05, 4.69) is 36.8 Å². The van der Waals surface area contributed by atoms with Gasteiger partial charge >= 0.3 is 0 Å². The number of nitrogens with zero attached hydrogens (tertiary/aromatic N) is 1. The Kier molecular flexibility index (Phi) is 4.39. The van der Waals surface area contributed by atoms with Crippen LogP contribution in [0.1, 0.15) is 18.4 Å². The fourth-order valence-corrected chi connectivity index (χ4v) is 2.84. The molecule has 1 aliphatic rings. The highest BCUT2D eigenvalue weighted by molar-refractivity contribution is 9.10. The molecule has 0 bridgehead atoms. The molecule has 0 radical (unpaired) electrons. The number of rotatable bonds is 5. The van der Waals surface area contributed by atoms with E-state index in [0.29, 0.717) is 6.04 Å². The van der Waals surface area contributed by atoms with Gasteiger partial charge in [0.15, 0.2) is 0 Å². The monoisotopic (exact) mass is 349 g/mol. The predicted molar refractivity (Wildman–Crippen MR) is 71.3 cm³/mol. The molecule has 1 aromatic carbocycles. The molecule has 0 unspecified atom stereocenters. The van der Waals surface area contributed by atoms with E-state index >= 15 is 0 Å². The number of hydrogen-bond donors (Lipinski definition) is 0. The zero-order chi connectivity index (χ0) is 11.5. The van der Waals surface area contributed by atoms with Crippen LogP contribution in [0.25, 0.3) is 0 Å². The quantitative estimate of drug-likeness (QED) is 0.727. The summed E-state index contributed by atoms with van der Waals surface area (Å²) in [6, 6.07) is 5.82. The summed E-state index contributed by atoms with van der Waals surface area (Å²) in [7, 11) is 0. The number of benzene rings is 1. The maximum atomic E-state index is 13.2. The van der Waals surface area contributed by atoms with Crippen molar-refractivity contribution < 1.29 is 4.39 Å². The van der Waals surface area contributed by atoms with Gasteiger partial charge in [-0.3, -0.25) is 4.90 Å².